The summed E-state index contributed by atoms with van der Waals surface area (Å²) in [5, 5.41) is 3.26. The second-order valence-electron chi connectivity index (χ2n) is 4.62. The molecular weight excluding hydrogens is 304 g/mol. The number of nitrogens with zero attached hydrogens (tertiary/aromatic N) is 3. The Morgan fingerprint density at radius 1 is 1.14 bits per heavy atom. The summed E-state index contributed by atoms with van der Waals surface area (Å²) in [6.07, 6.45) is 1.84. The number of pyridine rings is 1. The predicted octanol–water partition coefficient (Wildman–Crippen LogP) is 4.14. The highest BCUT2D eigenvalue weighted by Crippen LogP contribution is 2.36. The number of rotatable bonds is 1. The molecule has 0 saturated heterocycles. The molecule has 4 nitrogen and oxygen atoms in total. The summed E-state index contributed by atoms with van der Waals surface area (Å²) >= 11 is 7.44. The van der Waals surface area contributed by atoms with E-state index in [2.05, 4.69) is 21.0 Å². The Morgan fingerprint density at radius 3 is 2.90 bits per heavy atom. The van der Waals surface area contributed by atoms with Gasteiger partial charge in [0.1, 0.15) is 5.82 Å². The predicted molar refractivity (Wildman–Crippen MR) is 87.6 cm³/mol. The molecule has 4 rings (SSSR count). The standard InChI is InChI=1S/C15H9ClN4S/c16-15-19-12-10(7-21-13(12)14(17)20-15)9-5-8-3-1-2-4-11(8)18-6-9/h1-7H,(H2,17,19,20). The topological polar surface area (TPSA) is 64.7 Å². The van der Waals surface area contributed by atoms with Crippen molar-refractivity contribution in [1.29, 1.82) is 0 Å². The van der Waals surface area contributed by atoms with Crippen molar-refractivity contribution in [3.63, 3.8) is 0 Å². The molecule has 21 heavy (non-hydrogen) atoms. The van der Waals surface area contributed by atoms with Crippen LogP contribution < -0.4 is 5.73 Å². The van der Waals surface area contributed by atoms with Gasteiger partial charge in [0.25, 0.3) is 0 Å². The number of fused-ring (bicyclic) bond motifs is 2. The zero-order chi connectivity index (χ0) is 14.4. The van der Waals surface area contributed by atoms with Crippen molar-refractivity contribution in [2.75, 3.05) is 5.73 Å². The van der Waals surface area contributed by atoms with E-state index in [0.717, 1.165) is 32.2 Å². The minimum atomic E-state index is 0.161. The summed E-state index contributed by atoms with van der Waals surface area (Å²) in [7, 11) is 0. The monoisotopic (exact) mass is 312 g/mol. The van der Waals surface area contributed by atoms with Gasteiger partial charge in [-0.1, -0.05) is 18.2 Å². The van der Waals surface area contributed by atoms with E-state index in [1.54, 1.807) is 0 Å². The van der Waals surface area contributed by atoms with E-state index in [4.69, 9.17) is 17.3 Å². The highest BCUT2D eigenvalue weighted by atomic mass is 35.5. The Hall–Kier alpha value is -2.24. The number of hydrogen-bond acceptors (Lipinski definition) is 5. The largest absolute Gasteiger partial charge is 0.382 e. The van der Waals surface area contributed by atoms with E-state index in [1.165, 1.54) is 11.3 Å². The van der Waals surface area contributed by atoms with Crippen LogP contribution in [0.3, 0.4) is 0 Å². The molecule has 0 aliphatic heterocycles. The van der Waals surface area contributed by atoms with E-state index >= 15 is 0 Å². The van der Waals surface area contributed by atoms with Crippen LogP contribution in [0, 0.1) is 0 Å². The first-order chi connectivity index (χ1) is 10.2. The number of halogens is 1. The maximum atomic E-state index is 5.92. The van der Waals surface area contributed by atoms with Crippen molar-refractivity contribution in [2.45, 2.75) is 0 Å². The summed E-state index contributed by atoms with van der Waals surface area (Å²) < 4.78 is 0.850. The van der Waals surface area contributed by atoms with Gasteiger partial charge in [-0.2, -0.15) is 4.98 Å². The molecule has 1 aromatic carbocycles. The number of benzene rings is 1. The van der Waals surface area contributed by atoms with Gasteiger partial charge >= 0.3 is 0 Å². The van der Waals surface area contributed by atoms with Gasteiger partial charge in [-0.15, -0.1) is 11.3 Å². The van der Waals surface area contributed by atoms with Crippen LogP contribution in [0.5, 0.6) is 0 Å². The number of thiophene rings is 1. The summed E-state index contributed by atoms with van der Waals surface area (Å²) in [5.41, 5.74) is 9.61. The van der Waals surface area contributed by atoms with Crippen LogP contribution >= 0.6 is 22.9 Å². The van der Waals surface area contributed by atoms with Gasteiger partial charge in [0.05, 0.1) is 15.7 Å². The minimum absolute atomic E-state index is 0.161. The molecular formula is C15H9ClN4S. The van der Waals surface area contributed by atoms with Gasteiger partial charge in [-0.05, 0) is 23.7 Å². The molecule has 0 amide bonds. The number of nitrogens with two attached hydrogens (primary N) is 1. The minimum Gasteiger partial charge on any atom is -0.382 e. The molecule has 0 radical (unpaired) electrons. The Bertz CT molecular complexity index is 980. The fourth-order valence-electron chi connectivity index (χ4n) is 2.33. The molecule has 3 aromatic heterocycles. The average molecular weight is 313 g/mol. The van der Waals surface area contributed by atoms with Gasteiger partial charge in [0.15, 0.2) is 0 Å². The molecule has 102 valence electrons. The first-order valence-electron chi connectivity index (χ1n) is 6.28. The summed E-state index contributed by atoms with van der Waals surface area (Å²) in [5.74, 6) is 0.412. The van der Waals surface area contributed by atoms with Crippen molar-refractivity contribution in [3.8, 4) is 11.1 Å². The van der Waals surface area contributed by atoms with Crippen molar-refractivity contribution in [2.24, 2.45) is 0 Å². The fourth-order valence-corrected chi connectivity index (χ4v) is 3.43. The average Bonchev–Trinajstić information content (AvgIpc) is 2.91. The van der Waals surface area contributed by atoms with Crippen LogP contribution in [0.15, 0.2) is 41.9 Å². The molecule has 0 bridgehead atoms. The van der Waals surface area contributed by atoms with E-state index in [1.807, 2.05) is 35.8 Å². The smallest absolute Gasteiger partial charge is 0.224 e. The van der Waals surface area contributed by atoms with Crippen LogP contribution in [0.2, 0.25) is 5.28 Å². The molecule has 0 aliphatic carbocycles. The number of anilines is 1. The molecule has 0 fully saturated rings. The zero-order valence-corrected chi connectivity index (χ0v) is 12.3. The molecule has 0 unspecified atom stereocenters. The van der Waals surface area contributed by atoms with Crippen LogP contribution in [0.1, 0.15) is 0 Å². The van der Waals surface area contributed by atoms with Gasteiger partial charge < -0.3 is 5.73 Å². The normalized spacial score (nSPS) is 11.3. The second-order valence-corrected chi connectivity index (χ2v) is 5.84. The molecule has 6 heteroatoms. The van der Waals surface area contributed by atoms with E-state index in [0.29, 0.717) is 5.82 Å². The maximum Gasteiger partial charge on any atom is 0.224 e. The van der Waals surface area contributed by atoms with Gasteiger partial charge in [-0.25, -0.2) is 4.98 Å². The van der Waals surface area contributed by atoms with Crippen LogP contribution in [-0.2, 0) is 0 Å². The third-order valence-corrected chi connectivity index (χ3v) is 4.48. The third kappa shape index (κ3) is 2.02. The lowest BCUT2D eigenvalue weighted by atomic mass is 10.1. The Morgan fingerprint density at radius 2 is 2.00 bits per heavy atom. The highest BCUT2D eigenvalue weighted by molar-refractivity contribution is 7.18. The lowest BCUT2D eigenvalue weighted by Crippen LogP contribution is -1.93. The summed E-state index contributed by atoms with van der Waals surface area (Å²) in [4.78, 5) is 12.8. The number of nitrogen functional groups attached to an aromatic ring is 1. The summed E-state index contributed by atoms with van der Waals surface area (Å²) in [6.45, 7) is 0. The molecule has 0 aliphatic rings. The second kappa shape index (κ2) is 4.65. The molecule has 4 aromatic rings. The summed E-state index contributed by atoms with van der Waals surface area (Å²) in [6, 6.07) is 10.1. The lowest BCUT2D eigenvalue weighted by molar-refractivity contribution is 1.24. The fraction of sp³-hybridized carbons (Fsp3) is 0. The van der Waals surface area contributed by atoms with Crippen LogP contribution in [0.25, 0.3) is 32.2 Å². The van der Waals surface area contributed by atoms with E-state index < -0.39 is 0 Å². The van der Waals surface area contributed by atoms with Crippen LogP contribution in [0.4, 0.5) is 5.82 Å². The first-order valence-corrected chi connectivity index (χ1v) is 7.53. The van der Waals surface area contributed by atoms with E-state index in [9.17, 15) is 0 Å². The van der Waals surface area contributed by atoms with Gasteiger partial charge in [0, 0.05) is 28.1 Å². The molecule has 0 spiro atoms. The molecule has 2 N–H and O–H groups in total. The van der Waals surface area contributed by atoms with Crippen molar-refractivity contribution < 1.29 is 0 Å². The van der Waals surface area contributed by atoms with Crippen molar-refractivity contribution in [1.82, 2.24) is 15.0 Å². The first kappa shape index (κ1) is 12.5. The SMILES string of the molecule is Nc1nc(Cl)nc2c(-c3cnc4ccccc4c3)csc12. The lowest BCUT2D eigenvalue weighted by Gasteiger charge is -2.02. The van der Waals surface area contributed by atoms with Crippen molar-refractivity contribution >= 4 is 49.9 Å². The zero-order valence-electron chi connectivity index (χ0n) is 10.7. The third-order valence-electron chi connectivity index (χ3n) is 3.32. The maximum absolute atomic E-state index is 5.92. The molecule has 0 saturated carbocycles. The van der Waals surface area contributed by atoms with Crippen LogP contribution in [-0.4, -0.2) is 15.0 Å². The molecule has 0 atom stereocenters. The van der Waals surface area contributed by atoms with Gasteiger partial charge in [-0.3, -0.25) is 4.98 Å². The molecule has 3 heterocycles. The number of hydrogen-bond donors (Lipinski definition) is 1. The number of para-hydroxylation sites is 1. The number of aromatic nitrogens is 3. The Kier molecular flexibility index (Phi) is 2.77. The quantitative estimate of drug-likeness (QED) is 0.536. The van der Waals surface area contributed by atoms with E-state index in [-0.39, 0.29) is 5.28 Å². The van der Waals surface area contributed by atoms with Gasteiger partial charge in [0.2, 0.25) is 5.28 Å². The Labute approximate surface area is 129 Å². The van der Waals surface area contributed by atoms with Crippen molar-refractivity contribution in [3.05, 3.63) is 47.2 Å². The Balaban J connectivity index is 2.00. The highest BCUT2D eigenvalue weighted by Gasteiger charge is 2.13.